The molecule has 0 amide bonds. The maximum absolute atomic E-state index is 7.50. The molecule has 0 saturated heterocycles. The van der Waals surface area contributed by atoms with Crippen molar-refractivity contribution < 1.29 is 22.0 Å². The summed E-state index contributed by atoms with van der Waals surface area (Å²) in [4.78, 5) is 4.20. The van der Waals surface area contributed by atoms with E-state index in [0.29, 0.717) is 6.04 Å². The Kier molecular flexibility index (Phi) is 19.9. The van der Waals surface area contributed by atoms with Crippen LogP contribution in [0.15, 0.2) is 188 Å². The summed E-state index contributed by atoms with van der Waals surface area (Å²) >= 11 is 1.82. The number of hydrogen-bond donors (Lipinski definition) is 0. The largest absolute Gasteiger partial charge is 0.0622 e. The van der Waals surface area contributed by atoms with Crippen molar-refractivity contribution in [3.63, 3.8) is 0 Å². The van der Waals surface area contributed by atoms with Gasteiger partial charge in [-0.05, 0) is 75.4 Å². The summed E-state index contributed by atoms with van der Waals surface area (Å²) in [5.74, 6) is 0. The van der Waals surface area contributed by atoms with E-state index in [0.717, 1.165) is 5.69 Å². The molecule has 7 rings (SSSR count). The SMILES string of the molecule is Cc1ncn(C(C)C)c1C.[C-]#[O+].[Cl][Ru].c1ccc(P(c2ccccc2)c2ccccc2)cc1.c1ccc(P(c2ccccc2)c2ccccc2)cc1. The van der Waals surface area contributed by atoms with E-state index in [2.05, 4.69) is 229 Å². The molecule has 1 aromatic heterocycles. The number of benzene rings is 6. The average molecular weight is 827 g/mol. The zero-order chi connectivity index (χ0) is 37.6. The van der Waals surface area contributed by atoms with Crippen LogP contribution in [0.5, 0.6) is 0 Å². The van der Waals surface area contributed by atoms with Crippen molar-refractivity contribution in [2.45, 2.75) is 33.7 Å². The van der Waals surface area contributed by atoms with E-state index in [4.69, 9.17) is 4.65 Å². The Morgan fingerprint density at radius 2 is 0.692 bits per heavy atom. The molecule has 265 valence electrons. The molecule has 3 nitrogen and oxygen atoms in total. The van der Waals surface area contributed by atoms with Gasteiger partial charge in [-0.1, -0.05) is 182 Å². The number of rotatable bonds is 7. The normalized spacial score (nSPS) is 9.98. The van der Waals surface area contributed by atoms with Gasteiger partial charge in [0.05, 0.1) is 12.0 Å². The average Bonchev–Trinajstić information content (AvgIpc) is 3.57. The molecule has 0 saturated carbocycles. The molecule has 7 aromatic rings. The van der Waals surface area contributed by atoms with Gasteiger partial charge in [0.2, 0.25) is 0 Å². The van der Waals surface area contributed by atoms with E-state index in [1.54, 1.807) is 0 Å². The number of imidazole rings is 1. The molecule has 7 heteroatoms. The Morgan fingerprint density at radius 3 is 0.827 bits per heavy atom. The second kappa shape index (κ2) is 24.3. The molecular formula is C45H44ClN2OP2Ru. The predicted octanol–water partition coefficient (Wildman–Crippen LogP) is 9.62. The summed E-state index contributed by atoms with van der Waals surface area (Å²) in [7, 11) is 3.68. The first kappa shape index (κ1) is 42.5. The van der Waals surface area contributed by atoms with Crippen molar-refractivity contribution in [3.05, 3.63) is 206 Å². The maximum Gasteiger partial charge on any atom is -0.0134 e. The molecule has 1 heterocycles. The van der Waals surface area contributed by atoms with Gasteiger partial charge >= 0.3 is 38.3 Å². The molecule has 0 aliphatic heterocycles. The van der Waals surface area contributed by atoms with Gasteiger partial charge in [-0.3, -0.25) is 0 Å². The maximum atomic E-state index is 7.50. The van der Waals surface area contributed by atoms with E-state index in [1.807, 2.05) is 30.6 Å². The quantitative estimate of drug-likeness (QED) is 0.0683. The molecule has 0 unspecified atom stereocenters. The smallest absolute Gasteiger partial charge is 0.0134 e. The third kappa shape index (κ3) is 12.9. The van der Waals surface area contributed by atoms with Crippen molar-refractivity contribution >= 4 is 57.4 Å². The molecule has 0 fully saturated rings. The molecule has 0 bridgehead atoms. The van der Waals surface area contributed by atoms with Gasteiger partial charge in [-0.25, -0.2) is 4.98 Å². The van der Waals surface area contributed by atoms with Gasteiger partial charge in [0.15, 0.2) is 0 Å². The summed E-state index contributed by atoms with van der Waals surface area (Å²) in [5.41, 5.74) is 2.41. The van der Waals surface area contributed by atoms with Gasteiger partial charge in [0.25, 0.3) is 0 Å². The molecule has 0 atom stereocenters. The zero-order valence-electron chi connectivity index (χ0n) is 29.9. The van der Waals surface area contributed by atoms with E-state index in [-0.39, 0.29) is 0 Å². The molecule has 0 aliphatic carbocycles. The number of aromatic nitrogens is 2. The Balaban J connectivity index is 0.000000209. The topological polar surface area (TPSA) is 37.7 Å². The van der Waals surface area contributed by atoms with E-state index in [1.165, 1.54) is 37.5 Å². The van der Waals surface area contributed by atoms with E-state index >= 15 is 0 Å². The van der Waals surface area contributed by atoms with Crippen LogP contribution < -0.4 is 31.8 Å². The minimum atomic E-state index is -0.446. The van der Waals surface area contributed by atoms with Crippen LogP contribution in [-0.2, 0) is 22.0 Å². The van der Waals surface area contributed by atoms with Crippen molar-refractivity contribution in [2.24, 2.45) is 0 Å². The fourth-order valence-corrected chi connectivity index (χ4v) is 10.0. The molecule has 6 aromatic carbocycles. The number of halogens is 1. The standard InChI is InChI=1S/2C18H15P.C8H14N2.CO.ClH.Ru/c2*1-4-10-16(11-5-1)19(17-12-6-2-7-13-17)18-14-8-3-9-15-18;1-6(2)10-5-9-7(3)8(10)4;1-2;;/h2*1-15H;5-6H,1-4H3;;1H;/q;;;;;+1/p-1. The van der Waals surface area contributed by atoms with Gasteiger partial charge in [-0.2, -0.15) is 0 Å². The number of nitrogens with zero attached hydrogens (tertiary/aromatic N) is 2. The van der Waals surface area contributed by atoms with Crippen LogP contribution in [0.2, 0.25) is 0 Å². The summed E-state index contributed by atoms with van der Waals surface area (Å²) in [6.45, 7) is 13.0. The van der Waals surface area contributed by atoms with E-state index < -0.39 is 15.8 Å². The van der Waals surface area contributed by atoms with Crippen LogP contribution in [0.1, 0.15) is 31.3 Å². The summed E-state index contributed by atoms with van der Waals surface area (Å²) < 4.78 is 9.68. The second-order valence-electron chi connectivity index (χ2n) is 11.6. The van der Waals surface area contributed by atoms with E-state index in [9.17, 15) is 0 Å². The third-order valence-electron chi connectivity index (χ3n) is 7.93. The molecule has 0 spiro atoms. The van der Waals surface area contributed by atoms with Crippen molar-refractivity contribution in [3.8, 4) is 0 Å². The fourth-order valence-electron chi connectivity index (χ4n) is 5.39. The van der Waals surface area contributed by atoms with Crippen LogP contribution in [0.25, 0.3) is 0 Å². The minimum Gasteiger partial charge on any atom is -0.0622 e. The van der Waals surface area contributed by atoms with Crippen molar-refractivity contribution in [1.82, 2.24) is 9.55 Å². The first-order chi connectivity index (χ1) is 25.5. The van der Waals surface area contributed by atoms with Crippen LogP contribution in [0, 0.1) is 20.5 Å². The number of hydrogen-bond acceptors (Lipinski definition) is 1. The molecule has 0 radical (unpaired) electrons. The van der Waals surface area contributed by atoms with Crippen LogP contribution in [0.3, 0.4) is 0 Å². The summed E-state index contributed by atoms with van der Waals surface area (Å²) in [6.07, 6.45) is 1.90. The number of aryl methyl sites for hydroxylation is 1. The fraction of sp³-hybridized carbons (Fsp3) is 0.111. The summed E-state index contributed by atoms with van der Waals surface area (Å²) in [6, 6.07) is 65.2. The first-order valence-corrected chi connectivity index (χ1v) is 21.7. The second-order valence-corrected chi connectivity index (χ2v) is 16.0. The van der Waals surface area contributed by atoms with Crippen molar-refractivity contribution in [1.29, 1.82) is 0 Å². The Bertz CT molecular complexity index is 1650. The summed E-state index contributed by atoms with van der Waals surface area (Å²) in [5, 5.41) is 8.39. The van der Waals surface area contributed by atoms with Crippen LogP contribution in [0.4, 0.5) is 0 Å². The zero-order valence-corrected chi connectivity index (χ0v) is 34.2. The first-order valence-electron chi connectivity index (χ1n) is 16.8. The minimum absolute atomic E-state index is 0.446. The third-order valence-corrected chi connectivity index (χ3v) is 12.8. The van der Waals surface area contributed by atoms with Gasteiger partial charge in [0.1, 0.15) is 0 Å². The Hall–Kier alpha value is -3.96. The molecular weight excluding hydrogens is 783 g/mol. The Morgan fingerprint density at radius 1 is 0.481 bits per heavy atom. The Labute approximate surface area is 327 Å². The van der Waals surface area contributed by atoms with Gasteiger partial charge < -0.3 is 4.57 Å². The van der Waals surface area contributed by atoms with Gasteiger partial charge in [0, 0.05) is 11.7 Å². The predicted molar refractivity (Wildman–Crippen MR) is 222 cm³/mol. The monoisotopic (exact) mass is 827 g/mol. The molecule has 52 heavy (non-hydrogen) atoms. The van der Waals surface area contributed by atoms with Crippen molar-refractivity contribution in [2.75, 3.05) is 0 Å². The van der Waals surface area contributed by atoms with Crippen LogP contribution >= 0.6 is 25.5 Å². The molecule has 0 N–H and O–H groups in total. The molecule has 0 aliphatic rings. The van der Waals surface area contributed by atoms with Gasteiger partial charge in [-0.15, -0.1) is 0 Å². The van der Waals surface area contributed by atoms with Crippen LogP contribution in [-0.4, -0.2) is 9.55 Å².